The molecule has 25 heavy (non-hydrogen) atoms. The average Bonchev–Trinajstić information content (AvgIpc) is 3.14. The molecule has 0 unspecified atom stereocenters. The van der Waals surface area contributed by atoms with Crippen LogP contribution < -0.4 is 4.90 Å². The first-order chi connectivity index (χ1) is 11.9. The second kappa shape index (κ2) is 7.21. The summed E-state index contributed by atoms with van der Waals surface area (Å²) >= 11 is 0. The van der Waals surface area contributed by atoms with Gasteiger partial charge < -0.3 is 4.90 Å². The van der Waals surface area contributed by atoms with E-state index in [9.17, 15) is 4.79 Å². The van der Waals surface area contributed by atoms with Crippen molar-refractivity contribution >= 4 is 23.2 Å². The molecule has 0 atom stereocenters. The molecule has 2 aromatic rings. The van der Waals surface area contributed by atoms with Crippen LogP contribution in [0.15, 0.2) is 36.9 Å². The molecule has 1 saturated heterocycles. The van der Waals surface area contributed by atoms with E-state index >= 15 is 0 Å². The number of ketones is 1. The highest BCUT2D eigenvalue weighted by atomic mass is 16.1. The molecule has 1 aromatic heterocycles. The Morgan fingerprint density at radius 1 is 1.16 bits per heavy atom. The molecule has 0 aliphatic carbocycles. The van der Waals surface area contributed by atoms with Crippen molar-refractivity contribution in [3.05, 3.63) is 42.5 Å². The topological polar surface area (TPSA) is 51.0 Å². The Kier molecular flexibility index (Phi) is 5.02. The molecule has 2 heterocycles. The van der Waals surface area contributed by atoms with Crippen LogP contribution in [0.4, 0.5) is 5.69 Å². The molecule has 5 nitrogen and oxygen atoms in total. The van der Waals surface area contributed by atoms with E-state index < -0.39 is 5.41 Å². The maximum Gasteiger partial charge on any atom is 0.186 e. The number of piperidine rings is 1. The minimum absolute atomic E-state index is 0.0429. The average molecular weight is 338 g/mol. The van der Waals surface area contributed by atoms with Crippen LogP contribution >= 0.6 is 0 Å². The molecule has 5 heteroatoms. The van der Waals surface area contributed by atoms with Crippen molar-refractivity contribution in [3.63, 3.8) is 0 Å². The van der Waals surface area contributed by atoms with Crippen LogP contribution in [-0.2, 0) is 4.79 Å². The largest absolute Gasteiger partial charge is 0.372 e. The molecule has 132 valence electrons. The van der Waals surface area contributed by atoms with Gasteiger partial charge in [-0.05, 0) is 43.0 Å². The van der Waals surface area contributed by atoms with E-state index in [1.165, 1.54) is 31.3 Å². The van der Waals surface area contributed by atoms with Gasteiger partial charge in [0.15, 0.2) is 5.78 Å². The Morgan fingerprint density at radius 3 is 2.56 bits per heavy atom. The lowest BCUT2D eigenvalue weighted by atomic mass is 9.88. The van der Waals surface area contributed by atoms with Gasteiger partial charge in [0.2, 0.25) is 0 Å². The van der Waals surface area contributed by atoms with Gasteiger partial charge in [0.05, 0.1) is 0 Å². The fraction of sp³-hybridized carbons (Fsp3) is 0.450. The van der Waals surface area contributed by atoms with Crippen molar-refractivity contribution < 1.29 is 4.79 Å². The van der Waals surface area contributed by atoms with Gasteiger partial charge in [0, 0.05) is 24.2 Å². The lowest BCUT2D eigenvalue weighted by Crippen LogP contribution is -2.29. The fourth-order valence-electron chi connectivity index (χ4n) is 3.07. The predicted octanol–water partition coefficient (Wildman–Crippen LogP) is 3.88. The number of allylic oxidation sites excluding steroid dienone is 1. The molecule has 0 bridgehead atoms. The zero-order valence-electron chi connectivity index (χ0n) is 15.3. The van der Waals surface area contributed by atoms with Crippen LogP contribution in [-0.4, -0.2) is 33.6 Å². The first kappa shape index (κ1) is 17.4. The van der Waals surface area contributed by atoms with Crippen molar-refractivity contribution in [1.82, 2.24) is 14.8 Å². The molecule has 0 saturated carbocycles. The van der Waals surface area contributed by atoms with Crippen LogP contribution in [0.3, 0.4) is 0 Å². The Balaban J connectivity index is 1.96. The number of rotatable bonds is 4. The number of carbonyl (C=O) groups excluding carboxylic acids is 1. The fourth-order valence-corrected chi connectivity index (χ4v) is 3.07. The van der Waals surface area contributed by atoms with Crippen LogP contribution in [0.5, 0.6) is 0 Å². The highest BCUT2D eigenvalue weighted by Gasteiger charge is 2.26. The van der Waals surface area contributed by atoms with E-state index in [1.807, 2.05) is 32.9 Å². The van der Waals surface area contributed by atoms with E-state index in [2.05, 4.69) is 33.2 Å². The van der Waals surface area contributed by atoms with Crippen LogP contribution in [0.2, 0.25) is 0 Å². The van der Waals surface area contributed by atoms with E-state index in [0.29, 0.717) is 5.70 Å². The number of anilines is 1. The summed E-state index contributed by atoms with van der Waals surface area (Å²) in [6, 6.07) is 8.37. The summed E-state index contributed by atoms with van der Waals surface area (Å²) in [7, 11) is 0. The predicted molar refractivity (Wildman–Crippen MR) is 101 cm³/mol. The van der Waals surface area contributed by atoms with Crippen LogP contribution in [0.1, 0.15) is 45.6 Å². The Morgan fingerprint density at radius 2 is 1.92 bits per heavy atom. The third-order valence-electron chi connectivity index (χ3n) is 4.47. The van der Waals surface area contributed by atoms with Gasteiger partial charge in [-0.25, -0.2) is 9.67 Å². The summed E-state index contributed by atoms with van der Waals surface area (Å²) in [5.41, 5.74) is 2.28. The van der Waals surface area contributed by atoms with Gasteiger partial charge in [-0.1, -0.05) is 32.9 Å². The first-order valence-corrected chi connectivity index (χ1v) is 8.92. The van der Waals surface area contributed by atoms with Gasteiger partial charge >= 0.3 is 0 Å². The number of hydrogen-bond donors (Lipinski definition) is 0. The monoisotopic (exact) mass is 338 g/mol. The third-order valence-corrected chi connectivity index (χ3v) is 4.47. The maximum absolute atomic E-state index is 12.9. The molecule has 1 aliphatic heterocycles. The Bertz CT molecular complexity index is 750. The Hall–Kier alpha value is -2.43. The first-order valence-electron chi connectivity index (χ1n) is 8.92. The third kappa shape index (κ3) is 4.16. The SMILES string of the molecule is CC(C)(C)C(=O)/C(=C/c1cccc(N2CCCCC2)c1)n1cncn1. The highest BCUT2D eigenvalue weighted by Crippen LogP contribution is 2.26. The van der Waals surface area contributed by atoms with E-state index in [-0.39, 0.29) is 5.78 Å². The van der Waals surface area contributed by atoms with Crippen molar-refractivity contribution in [2.45, 2.75) is 40.0 Å². The summed E-state index contributed by atoms with van der Waals surface area (Å²) in [6.45, 7) is 7.97. The van der Waals surface area contributed by atoms with Crippen molar-refractivity contribution in [3.8, 4) is 0 Å². The van der Waals surface area contributed by atoms with Crippen LogP contribution in [0.25, 0.3) is 11.8 Å². The maximum atomic E-state index is 12.9. The van der Waals surface area contributed by atoms with E-state index in [4.69, 9.17) is 0 Å². The molecule has 0 amide bonds. The van der Waals surface area contributed by atoms with Gasteiger partial charge in [0.25, 0.3) is 0 Å². The number of Topliss-reactive ketones (excluding diaryl/α,β-unsaturated/α-hetero) is 1. The summed E-state index contributed by atoms with van der Waals surface area (Å²) in [5.74, 6) is 0.0429. The van der Waals surface area contributed by atoms with Gasteiger partial charge in [-0.2, -0.15) is 5.10 Å². The van der Waals surface area contributed by atoms with Crippen LogP contribution in [0, 0.1) is 5.41 Å². The number of benzene rings is 1. The molecular formula is C20H26N4O. The van der Waals surface area contributed by atoms with Gasteiger partial charge in [-0.3, -0.25) is 4.79 Å². The summed E-state index contributed by atoms with van der Waals surface area (Å²) < 4.78 is 1.56. The standard InChI is InChI=1S/C20H26N4O/c1-20(2,3)19(25)18(24-15-21-14-22-24)13-16-8-7-9-17(12-16)23-10-5-4-6-11-23/h7-9,12-15H,4-6,10-11H2,1-3H3/b18-13-. The molecule has 1 aromatic carbocycles. The lowest BCUT2D eigenvalue weighted by Gasteiger charge is -2.29. The van der Waals surface area contributed by atoms with Crippen molar-refractivity contribution in [1.29, 1.82) is 0 Å². The molecule has 0 N–H and O–H groups in total. The minimum Gasteiger partial charge on any atom is -0.372 e. The normalized spacial score (nSPS) is 16.1. The number of carbonyl (C=O) groups is 1. The summed E-state index contributed by atoms with van der Waals surface area (Å²) in [4.78, 5) is 19.3. The summed E-state index contributed by atoms with van der Waals surface area (Å²) in [5, 5.41) is 4.17. The highest BCUT2D eigenvalue weighted by molar-refractivity contribution is 6.21. The second-order valence-electron chi connectivity index (χ2n) is 7.59. The lowest BCUT2D eigenvalue weighted by molar-refractivity contribution is -0.120. The Labute approximate surface area is 149 Å². The number of nitrogens with zero attached hydrogens (tertiary/aromatic N) is 4. The molecule has 0 spiro atoms. The molecule has 1 fully saturated rings. The molecule has 3 rings (SSSR count). The zero-order chi connectivity index (χ0) is 17.9. The van der Waals surface area contributed by atoms with E-state index in [1.54, 1.807) is 11.0 Å². The quantitative estimate of drug-likeness (QED) is 0.794. The number of hydrogen-bond acceptors (Lipinski definition) is 4. The number of aromatic nitrogens is 3. The van der Waals surface area contributed by atoms with E-state index in [0.717, 1.165) is 18.7 Å². The molecule has 1 aliphatic rings. The zero-order valence-corrected chi connectivity index (χ0v) is 15.3. The second-order valence-corrected chi connectivity index (χ2v) is 7.59. The molecular weight excluding hydrogens is 312 g/mol. The van der Waals surface area contributed by atoms with Gasteiger partial charge in [0.1, 0.15) is 18.4 Å². The van der Waals surface area contributed by atoms with Crippen molar-refractivity contribution in [2.75, 3.05) is 18.0 Å². The van der Waals surface area contributed by atoms with Crippen molar-refractivity contribution in [2.24, 2.45) is 5.41 Å². The summed E-state index contributed by atoms with van der Waals surface area (Å²) in [6.07, 6.45) is 8.74. The minimum atomic E-state index is -0.484. The smallest absolute Gasteiger partial charge is 0.186 e. The van der Waals surface area contributed by atoms with Gasteiger partial charge in [-0.15, -0.1) is 0 Å². The molecule has 0 radical (unpaired) electrons.